The number of nitrogens with one attached hydrogen (secondary N) is 1. The van der Waals surface area contributed by atoms with Crippen LogP contribution in [0.25, 0.3) is 0 Å². The van der Waals surface area contributed by atoms with Crippen molar-refractivity contribution in [2.75, 3.05) is 13.7 Å². The van der Waals surface area contributed by atoms with E-state index in [0.29, 0.717) is 13.0 Å². The van der Waals surface area contributed by atoms with Gasteiger partial charge in [-0.2, -0.15) is 0 Å². The van der Waals surface area contributed by atoms with Gasteiger partial charge in [0.2, 0.25) is 11.8 Å². The fourth-order valence-electron chi connectivity index (χ4n) is 2.55. The molecule has 1 N–H and O–H groups in total. The molecule has 18 heavy (non-hydrogen) atoms. The van der Waals surface area contributed by atoms with Gasteiger partial charge in [0.1, 0.15) is 0 Å². The summed E-state index contributed by atoms with van der Waals surface area (Å²) in [7, 11) is 1.66. The predicted octanol–water partition coefficient (Wildman–Crippen LogP) is 0.681. The maximum absolute atomic E-state index is 12.1. The van der Waals surface area contributed by atoms with Gasteiger partial charge < -0.3 is 10.1 Å². The monoisotopic (exact) mass is 254 g/mol. The molecule has 1 saturated heterocycles. The molecular weight excluding hydrogens is 232 g/mol. The van der Waals surface area contributed by atoms with Gasteiger partial charge in [0.15, 0.2) is 0 Å². The number of ether oxygens (including phenoxy) is 1. The Balaban J connectivity index is 1.92. The van der Waals surface area contributed by atoms with Crippen molar-refractivity contribution in [3.8, 4) is 0 Å². The zero-order valence-corrected chi connectivity index (χ0v) is 11.1. The number of methoxy groups -OCH3 is 1. The molecule has 2 unspecified atom stereocenters. The van der Waals surface area contributed by atoms with E-state index in [1.807, 2.05) is 0 Å². The van der Waals surface area contributed by atoms with Gasteiger partial charge in [-0.05, 0) is 19.3 Å². The van der Waals surface area contributed by atoms with Crippen LogP contribution >= 0.6 is 0 Å². The summed E-state index contributed by atoms with van der Waals surface area (Å²) < 4.78 is 5.14. The molecule has 0 aromatic rings. The van der Waals surface area contributed by atoms with E-state index in [1.54, 1.807) is 7.11 Å². The molecule has 1 saturated carbocycles. The second kappa shape index (κ2) is 5.80. The fraction of sp³-hybridized carbons (Fsp3) is 0.846. The number of carbonyl (C=O) groups excluding carboxylic acids is 2. The highest BCUT2D eigenvalue weighted by atomic mass is 16.5. The van der Waals surface area contributed by atoms with E-state index < -0.39 is 0 Å². The van der Waals surface area contributed by atoms with Gasteiger partial charge >= 0.3 is 0 Å². The quantitative estimate of drug-likeness (QED) is 0.679. The minimum Gasteiger partial charge on any atom is -0.383 e. The summed E-state index contributed by atoms with van der Waals surface area (Å²) in [6.45, 7) is 2.68. The molecule has 102 valence electrons. The third kappa shape index (κ3) is 2.90. The number of amides is 2. The van der Waals surface area contributed by atoms with Gasteiger partial charge in [-0.1, -0.05) is 13.3 Å². The second-order valence-electron chi connectivity index (χ2n) is 5.20. The standard InChI is InChI=1S/C13H22N2O3/c1-3-4-9(8-18-2)14-11-7-12(16)15(13(11)17)10-5-6-10/h9-11,14H,3-8H2,1-2H3. The minimum atomic E-state index is -0.343. The molecule has 0 radical (unpaired) electrons. The lowest BCUT2D eigenvalue weighted by molar-refractivity contribution is -0.139. The van der Waals surface area contributed by atoms with Crippen molar-refractivity contribution in [2.45, 2.75) is 57.2 Å². The van der Waals surface area contributed by atoms with E-state index in [0.717, 1.165) is 25.7 Å². The van der Waals surface area contributed by atoms with Crippen LogP contribution in [0.15, 0.2) is 0 Å². The number of imide groups is 1. The molecule has 0 spiro atoms. The highest BCUT2D eigenvalue weighted by molar-refractivity contribution is 6.06. The van der Waals surface area contributed by atoms with Crippen molar-refractivity contribution in [3.63, 3.8) is 0 Å². The topological polar surface area (TPSA) is 58.6 Å². The van der Waals surface area contributed by atoms with E-state index in [1.165, 1.54) is 4.90 Å². The minimum absolute atomic E-state index is 0.0207. The summed E-state index contributed by atoms with van der Waals surface area (Å²) in [6, 6.07) is -0.00504. The summed E-state index contributed by atoms with van der Waals surface area (Å²) in [5, 5.41) is 3.27. The number of likely N-dealkylation sites (tertiary alicyclic amines) is 1. The molecule has 0 aromatic carbocycles. The van der Waals surface area contributed by atoms with Gasteiger partial charge in [0.25, 0.3) is 0 Å². The summed E-state index contributed by atoms with van der Waals surface area (Å²) in [4.78, 5) is 25.4. The number of hydrogen-bond donors (Lipinski definition) is 1. The molecule has 1 heterocycles. The third-order valence-corrected chi connectivity index (χ3v) is 3.54. The lowest BCUT2D eigenvalue weighted by Gasteiger charge is -2.21. The molecule has 0 bridgehead atoms. The van der Waals surface area contributed by atoms with Crippen LogP contribution in [0.5, 0.6) is 0 Å². The first kappa shape index (κ1) is 13.5. The highest BCUT2D eigenvalue weighted by Gasteiger charge is 2.46. The van der Waals surface area contributed by atoms with Crippen molar-refractivity contribution < 1.29 is 14.3 Å². The molecule has 2 fully saturated rings. The van der Waals surface area contributed by atoms with E-state index in [9.17, 15) is 9.59 Å². The van der Waals surface area contributed by atoms with Crippen LogP contribution < -0.4 is 5.32 Å². The molecule has 1 aliphatic heterocycles. The normalized spacial score (nSPS) is 25.9. The van der Waals surface area contributed by atoms with Crippen LogP contribution in [0.1, 0.15) is 39.0 Å². The van der Waals surface area contributed by atoms with Crippen LogP contribution in [0.3, 0.4) is 0 Å². The lowest BCUT2D eigenvalue weighted by Crippen LogP contribution is -2.45. The Morgan fingerprint density at radius 3 is 2.72 bits per heavy atom. The van der Waals surface area contributed by atoms with Crippen molar-refractivity contribution in [3.05, 3.63) is 0 Å². The van der Waals surface area contributed by atoms with E-state index >= 15 is 0 Å². The molecule has 5 heteroatoms. The van der Waals surface area contributed by atoms with Crippen molar-refractivity contribution in [1.82, 2.24) is 10.2 Å². The summed E-state index contributed by atoms with van der Waals surface area (Å²) in [6.07, 6.45) is 4.23. The molecule has 2 rings (SSSR count). The molecule has 2 amide bonds. The van der Waals surface area contributed by atoms with Gasteiger partial charge in [-0.25, -0.2) is 0 Å². The van der Waals surface area contributed by atoms with Crippen LogP contribution in [-0.2, 0) is 14.3 Å². The zero-order chi connectivity index (χ0) is 13.1. The number of carbonyl (C=O) groups is 2. The first-order valence-electron chi connectivity index (χ1n) is 6.78. The number of hydrogen-bond acceptors (Lipinski definition) is 4. The van der Waals surface area contributed by atoms with Crippen molar-refractivity contribution in [2.24, 2.45) is 0 Å². The Morgan fingerprint density at radius 2 is 2.17 bits per heavy atom. The van der Waals surface area contributed by atoms with Gasteiger partial charge in [0, 0.05) is 19.2 Å². The number of rotatable bonds is 7. The summed E-state index contributed by atoms with van der Waals surface area (Å²) in [5.74, 6) is -0.0626. The third-order valence-electron chi connectivity index (χ3n) is 3.54. The van der Waals surface area contributed by atoms with Gasteiger partial charge in [-0.15, -0.1) is 0 Å². The van der Waals surface area contributed by atoms with Crippen molar-refractivity contribution >= 4 is 11.8 Å². The molecule has 2 atom stereocenters. The fourth-order valence-corrected chi connectivity index (χ4v) is 2.55. The Morgan fingerprint density at radius 1 is 1.44 bits per heavy atom. The summed E-state index contributed by atoms with van der Waals surface area (Å²) >= 11 is 0. The smallest absolute Gasteiger partial charge is 0.247 e. The predicted molar refractivity (Wildman–Crippen MR) is 67.0 cm³/mol. The lowest BCUT2D eigenvalue weighted by atomic mass is 10.1. The van der Waals surface area contributed by atoms with E-state index in [2.05, 4.69) is 12.2 Å². The van der Waals surface area contributed by atoms with Crippen molar-refractivity contribution in [1.29, 1.82) is 0 Å². The largest absolute Gasteiger partial charge is 0.383 e. The SMILES string of the molecule is CCCC(COC)NC1CC(=O)N(C2CC2)C1=O. The molecule has 2 aliphatic rings. The Bertz CT molecular complexity index is 322. The maximum Gasteiger partial charge on any atom is 0.247 e. The summed E-state index contributed by atoms with van der Waals surface area (Å²) in [5.41, 5.74) is 0. The van der Waals surface area contributed by atoms with E-state index in [4.69, 9.17) is 4.74 Å². The van der Waals surface area contributed by atoms with E-state index in [-0.39, 0.29) is 29.9 Å². The number of nitrogens with zero attached hydrogens (tertiary/aromatic N) is 1. The highest BCUT2D eigenvalue weighted by Crippen LogP contribution is 2.31. The Labute approximate surface area is 108 Å². The molecule has 0 aromatic heterocycles. The average Bonchev–Trinajstić information content (AvgIpc) is 3.09. The zero-order valence-electron chi connectivity index (χ0n) is 11.1. The average molecular weight is 254 g/mol. The Kier molecular flexibility index (Phi) is 4.35. The maximum atomic E-state index is 12.1. The molecule has 1 aliphatic carbocycles. The molecule has 5 nitrogen and oxygen atoms in total. The van der Waals surface area contributed by atoms with Gasteiger partial charge in [0.05, 0.1) is 19.1 Å². The van der Waals surface area contributed by atoms with Crippen LogP contribution in [0, 0.1) is 0 Å². The second-order valence-corrected chi connectivity index (χ2v) is 5.20. The molecular formula is C13H22N2O3. The van der Waals surface area contributed by atoms with Crippen LogP contribution in [-0.4, -0.2) is 48.6 Å². The first-order chi connectivity index (χ1) is 8.67. The van der Waals surface area contributed by atoms with Gasteiger partial charge in [-0.3, -0.25) is 14.5 Å². The van der Waals surface area contributed by atoms with Crippen LogP contribution in [0.4, 0.5) is 0 Å². The van der Waals surface area contributed by atoms with Crippen LogP contribution in [0.2, 0.25) is 0 Å². The first-order valence-corrected chi connectivity index (χ1v) is 6.78. The Hall–Kier alpha value is -0.940.